The summed E-state index contributed by atoms with van der Waals surface area (Å²) in [5.41, 5.74) is 0. The summed E-state index contributed by atoms with van der Waals surface area (Å²) >= 11 is 0. The number of rotatable bonds is 9. The molecule has 0 aliphatic rings. The molecule has 0 fully saturated rings. The summed E-state index contributed by atoms with van der Waals surface area (Å²) in [5.74, 6) is -0.0451. The fraction of sp³-hybridized carbons (Fsp3) is 1.00. The lowest BCUT2D eigenvalue weighted by Crippen LogP contribution is -2.30. The maximum atomic E-state index is 11.9. The average molecular weight is 320 g/mol. The Bertz CT molecular complexity index is 347. The van der Waals surface area contributed by atoms with Gasteiger partial charge in [0.1, 0.15) is 0 Å². The number of hydrogen-bond donors (Lipinski definition) is 0. The summed E-state index contributed by atoms with van der Waals surface area (Å²) in [5, 5.41) is 0. The minimum atomic E-state index is -4.09. The largest absolute Gasteiger partial charge is 0.389 e. The molecular weight excluding hydrogens is 297 g/mol. The van der Waals surface area contributed by atoms with Gasteiger partial charge in [-0.3, -0.25) is 0 Å². The van der Waals surface area contributed by atoms with Gasteiger partial charge in [0.2, 0.25) is 8.32 Å². The van der Waals surface area contributed by atoms with Crippen molar-refractivity contribution in [3.63, 3.8) is 0 Å². The SMILES string of the molecule is C[Si](C)(C)OS(=O)(=O)CCCCCCCC(F)(F)F. The lowest BCUT2D eigenvalue weighted by Gasteiger charge is -2.16. The predicted molar refractivity (Wildman–Crippen MR) is 72.0 cm³/mol. The maximum absolute atomic E-state index is 11.9. The predicted octanol–water partition coefficient (Wildman–Crippen LogP) is 4.07. The van der Waals surface area contributed by atoms with Crippen molar-refractivity contribution < 1.29 is 25.5 Å². The van der Waals surface area contributed by atoms with E-state index >= 15 is 0 Å². The first-order chi connectivity index (χ1) is 8.41. The van der Waals surface area contributed by atoms with Crippen LogP contribution in [0.5, 0.6) is 0 Å². The van der Waals surface area contributed by atoms with Gasteiger partial charge in [-0.2, -0.15) is 13.2 Å². The van der Waals surface area contributed by atoms with Gasteiger partial charge < -0.3 is 3.87 Å². The molecule has 0 bridgehead atoms. The van der Waals surface area contributed by atoms with Crippen LogP contribution >= 0.6 is 0 Å². The Morgan fingerprint density at radius 1 is 0.947 bits per heavy atom. The van der Waals surface area contributed by atoms with Gasteiger partial charge in [0, 0.05) is 6.42 Å². The lowest BCUT2D eigenvalue weighted by atomic mass is 10.1. The van der Waals surface area contributed by atoms with Crippen LogP contribution in [0.25, 0.3) is 0 Å². The van der Waals surface area contributed by atoms with Crippen molar-refractivity contribution in [2.24, 2.45) is 0 Å². The van der Waals surface area contributed by atoms with Crippen LogP contribution in [-0.2, 0) is 14.0 Å². The highest BCUT2D eigenvalue weighted by atomic mass is 32.2. The quantitative estimate of drug-likeness (QED) is 0.475. The maximum Gasteiger partial charge on any atom is 0.389 e. The zero-order valence-electron chi connectivity index (χ0n) is 11.7. The third kappa shape index (κ3) is 14.1. The second kappa shape index (κ2) is 7.63. The van der Waals surface area contributed by atoms with Crippen molar-refractivity contribution >= 4 is 18.4 Å². The van der Waals surface area contributed by atoms with Crippen LogP contribution < -0.4 is 0 Å². The van der Waals surface area contributed by atoms with Gasteiger partial charge in [-0.15, -0.1) is 0 Å². The average Bonchev–Trinajstić information content (AvgIpc) is 2.10. The third-order valence-corrected chi connectivity index (χ3v) is 6.04. The second-order valence-electron chi connectivity index (χ2n) is 5.59. The molecule has 0 aromatic heterocycles. The first-order valence-corrected chi connectivity index (χ1v) is 11.4. The van der Waals surface area contributed by atoms with Crippen molar-refractivity contribution in [1.29, 1.82) is 0 Å². The molecule has 116 valence electrons. The van der Waals surface area contributed by atoms with E-state index in [1.807, 2.05) is 0 Å². The molecule has 0 spiro atoms. The molecule has 0 rings (SSSR count). The summed E-state index contributed by atoms with van der Waals surface area (Å²) in [4.78, 5) is 0. The van der Waals surface area contributed by atoms with Crippen LogP contribution in [0.1, 0.15) is 38.5 Å². The van der Waals surface area contributed by atoms with Gasteiger partial charge in [-0.05, 0) is 32.5 Å². The Hall–Kier alpha value is -0.0831. The molecule has 0 aliphatic carbocycles. The van der Waals surface area contributed by atoms with E-state index in [1.54, 1.807) is 19.6 Å². The van der Waals surface area contributed by atoms with E-state index in [9.17, 15) is 21.6 Å². The molecule has 0 atom stereocenters. The van der Waals surface area contributed by atoms with Crippen LogP contribution in [0.15, 0.2) is 0 Å². The highest BCUT2D eigenvalue weighted by Crippen LogP contribution is 2.23. The van der Waals surface area contributed by atoms with Crippen LogP contribution in [0, 0.1) is 0 Å². The molecule has 19 heavy (non-hydrogen) atoms. The monoisotopic (exact) mass is 320 g/mol. The molecule has 8 heteroatoms. The first kappa shape index (κ1) is 18.9. The molecular formula is C11H23F3O3SSi. The lowest BCUT2D eigenvalue weighted by molar-refractivity contribution is -0.135. The van der Waals surface area contributed by atoms with Crippen LogP contribution in [0.2, 0.25) is 19.6 Å². The van der Waals surface area contributed by atoms with Crippen molar-refractivity contribution in [1.82, 2.24) is 0 Å². The molecule has 3 nitrogen and oxygen atoms in total. The fourth-order valence-electron chi connectivity index (χ4n) is 1.56. The summed E-state index contributed by atoms with van der Waals surface area (Å²) in [6, 6.07) is 0. The van der Waals surface area contributed by atoms with E-state index in [-0.39, 0.29) is 12.2 Å². The molecule has 0 amide bonds. The normalized spacial score (nSPS) is 13.8. The van der Waals surface area contributed by atoms with Crippen molar-refractivity contribution in [2.45, 2.75) is 64.3 Å². The van der Waals surface area contributed by atoms with Crippen LogP contribution in [-0.4, -0.2) is 28.7 Å². The molecule has 0 heterocycles. The highest BCUT2D eigenvalue weighted by Gasteiger charge is 2.26. The van der Waals surface area contributed by atoms with E-state index in [4.69, 9.17) is 3.87 Å². The van der Waals surface area contributed by atoms with Crippen molar-refractivity contribution in [2.75, 3.05) is 5.75 Å². The van der Waals surface area contributed by atoms with E-state index in [0.717, 1.165) is 0 Å². The summed E-state index contributed by atoms with van der Waals surface area (Å²) < 4.78 is 63.7. The Morgan fingerprint density at radius 3 is 1.89 bits per heavy atom. The summed E-state index contributed by atoms with van der Waals surface area (Å²) in [6.07, 6.45) is -2.57. The van der Waals surface area contributed by atoms with E-state index in [1.165, 1.54) is 0 Å². The zero-order chi connectivity index (χ0) is 15.2. The Balaban J connectivity index is 3.65. The molecule has 0 aromatic carbocycles. The minimum absolute atomic E-state index is 0.0451. The number of hydrogen-bond acceptors (Lipinski definition) is 3. The number of alkyl halides is 3. The second-order valence-corrected chi connectivity index (χ2v) is 12.0. The van der Waals surface area contributed by atoms with Crippen molar-refractivity contribution in [3.05, 3.63) is 0 Å². The van der Waals surface area contributed by atoms with Gasteiger partial charge in [-0.1, -0.05) is 19.3 Å². The van der Waals surface area contributed by atoms with Gasteiger partial charge in [-0.25, -0.2) is 8.42 Å². The highest BCUT2D eigenvalue weighted by molar-refractivity contribution is 7.87. The molecule has 0 radical (unpaired) electrons. The molecule has 0 N–H and O–H groups in total. The smallest absolute Gasteiger partial charge is 0.315 e. The van der Waals surface area contributed by atoms with E-state index < -0.39 is 31.0 Å². The molecule has 0 aliphatic heterocycles. The van der Waals surface area contributed by atoms with Gasteiger partial charge in [0.15, 0.2) is 0 Å². The first-order valence-electron chi connectivity index (χ1n) is 6.41. The topological polar surface area (TPSA) is 43.4 Å². The van der Waals surface area contributed by atoms with E-state index in [2.05, 4.69) is 0 Å². The van der Waals surface area contributed by atoms with Crippen molar-refractivity contribution in [3.8, 4) is 0 Å². The fourth-order valence-corrected chi connectivity index (χ4v) is 5.50. The summed E-state index contributed by atoms with van der Waals surface area (Å²) in [6.45, 7) is 5.38. The summed E-state index contributed by atoms with van der Waals surface area (Å²) in [7, 11) is -5.58. The van der Waals surface area contributed by atoms with Crippen LogP contribution in [0.4, 0.5) is 13.2 Å². The molecule has 0 unspecified atom stereocenters. The van der Waals surface area contributed by atoms with Gasteiger partial charge in [0.05, 0.1) is 5.75 Å². The Labute approximate surface area is 114 Å². The third-order valence-electron chi connectivity index (χ3n) is 2.23. The molecule has 0 saturated heterocycles. The Kier molecular flexibility index (Phi) is 7.60. The van der Waals surface area contributed by atoms with Gasteiger partial charge >= 0.3 is 6.18 Å². The number of halogens is 3. The van der Waals surface area contributed by atoms with Crippen LogP contribution in [0.3, 0.4) is 0 Å². The Morgan fingerprint density at radius 2 is 1.42 bits per heavy atom. The molecule has 0 aromatic rings. The zero-order valence-corrected chi connectivity index (χ0v) is 13.5. The standard InChI is InChI=1S/C11H23F3O3SSi/c1-19(2,3)17-18(15,16)10-8-6-4-5-7-9-11(12,13)14/h4-10H2,1-3H3. The van der Waals surface area contributed by atoms with Gasteiger partial charge in [0.25, 0.3) is 10.1 Å². The molecule has 0 saturated carbocycles. The number of unbranched alkanes of at least 4 members (excludes halogenated alkanes) is 4. The minimum Gasteiger partial charge on any atom is -0.315 e. The van der Waals surface area contributed by atoms with E-state index in [0.29, 0.717) is 25.7 Å².